The summed E-state index contributed by atoms with van der Waals surface area (Å²) in [5, 5.41) is 3.38. The zero-order valence-corrected chi connectivity index (χ0v) is 11.9. The van der Waals surface area contributed by atoms with E-state index < -0.39 is 0 Å². The lowest BCUT2D eigenvalue weighted by Crippen LogP contribution is -2.39. The maximum atomic E-state index is 4.36. The Balaban J connectivity index is 1.52. The van der Waals surface area contributed by atoms with Gasteiger partial charge in [-0.2, -0.15) is 0 Å². The number of nitrogens with one attached hydrogen (secondary N) is 1. The van der Waals surface area contributed by atoms with Gasteiger partial charge in [0.05, 0.1) is 0 Å². The molecular weight excluding hydrogens is 236 g/mol. The molecule has 0 bridgehead atoms. The van der Waals surface area contributed by atoms with Crippen LogP contribution in [0.1, 0.15) is 44.6 Å². The van der Waals surface area contributed by atoms with Crippen molar-refractivity contribution in [3.8, 4) is 0 Å². The highest BCUT2D eigenvalue weighted by Gasteiger charge is 2.43. The maximum Gasteiger partial charge on any atom is 0.222 e. The molecule has 0 amide bonds. The topological polar surface area (TPSA) is 41.1 Å². The van der Waals surface area contributed by atoms with Gasteiger partial charge < -0.3 is 5.32 Å². The van der Waals surface area contributed by atoms with E-state index in [-0.39, 0.29) is 0 Å². The quantitative estimate of drug-likeness (QED) is 0.883. The van der Waals surface area contributed by atoms with Crippen LogP contribution in [-0.4, -0.2) is 40.0 Å². The lowest BCUT2D eigenvalue weighted by Gasteiger charge is -2.32. The first-order valence-corrected chi connectivity index (χ1v) is 7.62. The van der Waals surface area contributed by atoms with Crippen molar-refractivity contribution in [1.82, 2.24) is 14.9 Å². The summed E-state index contributed by atoms with van der Waals surface area (Å²) >= 11 is 0. The minimum Gasteiger partial charge on any atom is -0.354 e. The summed E-state index contributed by atoms with van der Waals surface area (Å²) in [7, 11) is 0. The fraction of sp³-hybridized carbons (Fsp3) is 0.733. The third-order valence-corrected chi connectivity index (χ3v) is 4.80. The molecule has 4 heteroatoms. The Hall–Kier alpha value is -1.16. The molecule has 0 aromatic carbocycles. The van der Waals surface area contributed by atoms with Crippen LogP contribution in [0.3, 0.4) is 0 Å². The molecule has 0 aliphatic carbocycles. The molecule has 2 saturated heterocycles. The molecule has 19 heavy (non-hydrogen) atoms. The van der Waals surface area contributed by atoms with Gasteiger partial charge in [-0.05, 0) is 57.2 Å². The molecule has 1 aromatic rings. The number of fused-ring (bicyclic) bond motifs is 1. The van der Waals surface area contributed by atoms with Gasteiger partial charge in [0.2, 0.25) is 5.95 Å². The van der Waals surface area contributed by atoms with Crippen molar-refractivity contribution in [3.05, 3.63) is 18.0 Å². The Morgan fingerprint density at radius 3 is 2.53 bits per heavy atom. The average molecular weight is 260 g/mol. The number of aromatic nitrogens is 2. The number of anilines is 1. The SMILES string of the molecule is CCc1cnc(NCCC23CCCN2CCC3)nc1. The van der Waals surface area contributed by atoms with Crippen molar-refractivity contribution in [2.75, 3.05) is 25.0 Å². The Bertz CT molecular complexity index is 405. The Morgan fingerprint density at radius 2 is 1.89 bits per heavy atom. The molecule has 0 spiro atoms. The molecule has 2 aliphatic heterocycles. The van der Waals surface area contributed by atoms with Crippen molar-refractivity contribution in [2.24, 2.45) is 0 Å². The largest absolute Gasteiger partial charge is 0.354 e. The van der Waals surface area contributed by atoms with Gasteiger partial charge >= 0.3 is 0 Å². The highest BCUT2D eigenvalue weighted by Crippen LogP contribution is 2.41. The van der Waals surface area contributed by atoms with Gasteiger partial charge in [-0.15, -0.1) is 0 Å². The van der Waals surface area contributed by atoms with Crippen molar-refractivity contribution in [2.45, 2.75) is 51.0 Å². The highest BCUT2D eigenvalue weighted by atomic mass is 15.2. The second kappa shape index (κ2) is 5.45. The van der Waals surface area contributed by atoms with E-state index in [4.69, 9.17) is 0 Å². The monoisotopic (exact) mass is 260 g/mol. The Morgan fingerprint density at radius 1 is 1.21 bits per heavy atom. The molecule has 1 aromatic heterocycles. The van der Waals surface area contributed by atoms with E-state index in [1.807, 2.05) is 12.4 Å². The molecule has 0 saturated carbocycles. The Labute approximate surface area is 115 Å². The van der Waals surface area contributed by atoms with Crippen molar-refractivity contribution in [3.63, 3.8) is 0 Å². The lowest BCUT2D eigenvalue weighted by atomic mass is 9.90. The number of hydrogen-bond acceptors (Lipinski definition) is 4. The van der Waals surface area contributed by atoms with Crippen LogP contribution in [0, 0.1) is 0 Å². The third kappa shape index (κ3) is 2.59. The molecule has 0 atom stereocenters. The summed E-state index contributed by atoms with van der Waals surface area (Å²) < 4.78 is 0. The predicted octanol–water partition coefficient (Wildman–Crippen LogP) is 2.47. The molecule has 0 unspecified atom stereocenters. The Kier molecular flexibility index (Phi) is 3.69. The van der Waals surface area contributed by atoms with E-state index in [2.05, 4.69) is 27.1 Å². The van der Waals surface area contributed by atoms with Crippen LogP contribution in [0.4, 0.5) is 5.95 Å². The molecular formula is C15H24N4. The third-order valence-electron chi connectivity index (χ3n) is 4.80. The van der Waals surface area contributed by atoms with E-state index in [9.17, 15) is 0 Å². The van der Waals surface area contributed by atoms with E-state index >= 15 is 0 Å². The van der Waals surface area contributed by atoms with Gasteiger partial charge in [0.1, 0.15) is 0 Å². The number of nitrogens with zero attached hydrogens (tertiary/aromatic N) is 3. The molecule has 104 valence electrons. The molecule has 3 heterocycles. The fourth-order valence-electron chi connectivity index (χ4n) is 3.67. The molecule has 2 aliphatic rings. The van der Waals surface area contributed by atoms with Crippen LogP contribution in [0.25, 0.3) is 0 Å². The molecule has 2 fully saturated rings. The van der Waals surface area contributed by atoms with E-state index in [0.29, 0.717) is 5.54 Å². The minimum atomic E-state index is 0.496. The summed E-state index contributed by atoms with van der Waals surface area (Å²) in [5.74, 6) is 0.774. The van der Waals surface area contributed by atoms with E-state index in [1.54, 1.807) is 0 Å². The first kappa shape index (κ1) is 12.9. The van der Waals surface area contributed by atoms with Crippen LogP contribution in [-0.2, 0) is 6.42 Å². The summed E-state index contributed by atoms with van der Waals surface area (Å²) in [6.45, 7) is 5.73. The van der Waals surface area contributed by atoms with E-state index in [1.165, 1.54) is 50.8 Å². The molecule has 0 radical (unpaired) electrons. The van der Waals surface area contributed by atoms with E-state index in [0.717, 1.165) is 18.9 Å². The van der Waals surface area contributed by atoms with Crippen LogP contribution in [0.5, 0.6) is 0 Å². The van der Waals surface area contributed by atoms with Gasteiger partial charge in [-0.25, -0.2) is 9.97 Å². The van der Waals surface area contributed by atoms with Crippen molar-refractivity contribution < 1.29 is 0 Å². The first-order chi connectivity index (χ1) is 9.32. The second-order valence-corrected chi connectivity index (χ2v) is 5.86. The second-order valence-electron chi connectivity index (χ2n) is 5.86. The van der Waals surface area contributed by atoms with Gasteiger partial charge in [-0.3, -0.25) is 4.90 Å². The van der Waals surface area contributed by atoms with Crippen molar-refractivity contribution in [1.29, 1.82) is 0 Å². The summed E-state index contributed by atoms with van der Waals surface area (Å²) in [6.07, 6.45) is 11.6. The van der Waals surface area contributed by atoms with Crippen molar-refractivity contribution >= 4 is 5.95 Å². The predicted molar refractivity (Wildman–Crippen MR) is 77.3 cm³/mol. The summed E-state index contributed by atoms with van der Waals surface area (Å²) in [4.78, 5) is 11.4. The minimum absolute atomic E-state index is 0.496. The molecule has 1 N–H and O–H groups in total. The molecule has 3 rings (SSSR count). The first-order valence-electron chi connectivity index (χ1n) is 7.62. The van der Waals surface area contributed by atoms with Crippen LogP contribution in [0.15, 0.2) is 12.4 Å². The van der Waals surface area contributed by atoms with Gasteiger partial charge in [-0.1, -0.05) is 6.92 Å². The number of aryl methyl sites for hydroxylation is 1. The smallest absolute Gasteiger partial charge is 0.222 e. The molecule has 4 nitrogen and oxygen atoms in total. The van der Waals surface area contributed by atoms with Gasteiger partial charge in [0.15, 0.2) is 0 Å². The lowest BCUT2D eigenvalue weighted by molar-refractivity contribution is 0.187. The zero-order valence-electron chi connectivity index (χ0n) is 11.9. The van der Waals surface area contributed by atoms with Gasteiger partial charge in [0, 0.05) is 24.5 Å². The zero-order chi connectivity index (χ0) is 13.1. The number of hydrogen-bond donors (Lipinski definition) is 1. The van der Waals surface area contributed by atoms with Crippen LogP contribution >= 0.6 is 0 Å². The van der Waals surface area contributed by atoms with Crippen LogP contribution in [0.2, 0.25) is 0 Å². The van der Waals surface area contributed by atoms with Crippen LogP contribution < -0.4 is 5.32 Å². The number of rotatable bonds is 5. The average Bonchev–Trinajstić information content (AvgIpc) is 2.99. The highest BCUT2D eigenvalue weighted by molar-refractivity contribution is 5.24. The fourth-order valence-corrected chi connectivity index (χ4v) is 3.67. The van der Waals surface area contributed by atoms with Gasteiger partial charge in [0.25, 0.3) is 0 Å². The summed E-state index contributed by atoms with van der Waals surface area (Å²) in [6, 6.07) is 0. The summed E-state index contributed by atoms with van der Waals surface area (Å²) in [5.41, 5.74) is 1.69. The normalized spacial score (nSPS) is 21.5. The maximum absolute atomic E-state index is 4.36. The standard InChI is InChI=1S/C15H24N4/c1-2-13-11-17-14(18-12-13)16-8-7-15-5-3-9-19(15)10-4-6-15/h11-12H,2-10H2,1H3,(H,16,17,18).